The zero-order chi connectivity index (χ0) is 14.8. The molecule has 21 heavy (non-hydrogen) atoms. The van der Waals surface area contributed by atoms with Gasteiger partial charge in [0.05, 0.1) is 24.4 Å². The van der Waals surface area contributed by atoms with Gasteiger partial charge in [-0.25, -0.2) is 4.98 Å². The van der Waals surface area contributed by atoms with E-state index in [4.69, 9.17) is 10.5 Å². The van der Waals surface area contributed by atoms with Crippen LogP contribution in [0.15, 0.2) is 36.5 Å². The number of hydrogen-bond donors (Lipinski definition) is 2. The van der Waals surface area contributed by atoms with Gasteiger partial charge in [0.15, 0.2) is 5.75 Å². The maximum absolute atomic E-state index is 11.5. The van der Waals surface area contributed by atoms with E-state index in [1.54, 1.807) is 24.4 Å². The van der Waals surface area contributed by atoms with Crippen LogP contribution in [0.25, 0.3) is 0 Å². The van der Waals surface area contributed by atoms with Crippen LogP contribution in [0.1, 0.15) is 15.9 Å². The predicted molar refractivity (Wildman–Crippen MR) is 77.6 cm³/mol. The first-order valence-electron chi connectivity index (χ1n) is 6.60. The number of benzene rings is 1. The number of hydrogen-bond acceptors (Lipinski definition) is 5. The van der Waals surface area contributed by atoms with Crippen molar-refractivity contribution in [3.8, 4) is 5.75 Å². The zero-order valence-electron chi connectivity index (χ0n) is 11.3. The summed E-state index contributed by atoms with van der Waals surface area (Å²) in [7, 11) is 0. The van der Waals surface area contributed by atoms with Crippen molar-refractivity contribution < 1.29 is 14.6 Å². The number of para-hydroxylation sites is 1. The molecule has 1 amide bonds. The van der Waals surface area contributed by atoms with Crippen LogP contribution in [0.4, 0.5) is 11.5 Å². The molecule has 1 aromatic heterocycles. The smallest absolute Gasteiger partial charge is 0.252 e. The number of aliphatic hydroxyl groups excluding tert-OH is 1. The number of pyridine rings is 1. The van der Waals surface area contributed by atoms with Gasteiger partial charge in [0.1, 0.15) is 12.4 Å². The summed E-state index contributed by atoms with van der Waals surface area (Å²) >= 11 is 0. The Morgan fingerprint density at radius 3 is 3.00 bits per heavy atom. The lowest BCUT2D eigenvalue weighted by molar-refractivity contribution is 0.0996. The maximum Gasteiger partial charge on any atom is 0.252 e. The van der Waals surface area contributed by atoms with E-state index in [1.807, 2.05) is 17.0 Å². The number of fused-ring (bicyclic) bond motifs is 1. The topological polar surface area (TPSA) is 88.7 Å². The first kappa shape index (κ1) is 13.4. The third-order valence-corrected chi connectivity index (χ3v) is 3.41. The summed E-state index contributed by atoms with van der Waals surface area (Å²) in [6.07, 6.45) is 1.67. The molecule has 108 valence electrons. The first-order chi connectivity index (χ1) is 10.2. The molecule has 0 saturated heterocycles. The molecule has 0 unspecified atom stereocenters. The second kappa shape index (κ2) is 5.41. The lowest BCUT2D eigenvalue weighted by Crippen LogP contribution is -2.31. The van der Waals surface area contributed by atoms with Crippen LogP contribution in [0, 0.1) is 0 Å². The van der Waals surface area contributed by atoms with E-state index >= 15 is 0 Å². The summed E-state index contributed by atoms with van der Waals surface area (Å²) in [5.41, 5.74) is 7.18. The van der Waals surface area contributed by atoms with E-state index in [0.717, 1.165) is 11.3 Å². The Morgan fingerprint density at radius 2 is 2.24 bits per heavy atom. The van der Waals surface area contributed by atoms with Crippen molar-refractivity contribution in [1.82, 2.24) is 4.98 Å². The fourth-order valence-electron chi connectivity index (χ4n) is 2.46. The number of anilines is 2. The van der Waals surface area contributed by atoms with Crippen molar-refractivity contribution in [2.45, 2.75) is 6.61 Å². The number of primary amides is 1. The van der Waals surface area contributed by atoms with E-state index in [1.165, 1.54) is 0 Å². The summed E-state index contributed by atoms with van der Waals surface area (Å²) in [5.74, 6) is 0.592. The normalized spacial score (nSPS) is 13.5. The minimum Gasteiger partial charge on any atom is -0.489 e. The molecular formula is C15H15N3O3. The second-order valence-corrected chi connectivity index (χ2v) is 4.66. The third kappa shape index (κ3) is 2.30. The summed E-state index contributed by atoms with van der Waals surface area (Å²) in [6.45, 7) is 0.892. The second-order valence-electron chi connectivity index (χ2n) is 4.66. The molecule has 1 aliphatic rings. The molecule has 0 aliphatic carbocycles. The number of amides is 1. The van der Waals surface area contributed by atoms with Gasteiger partial charge in [0.25, 0.3) is 5.91 Å². The SMILES string of the molecule is NC(=O)c1cccc2c1OCCN2c1ncccc1CO. The molecule has 0 spiro atoms. The molecule has 0 radical (unpaired) electrons. The molecule has 0 fully saturated rings. The summed E-state index contributed by atoms with van der Waals surface area (Å²) < 4.78 is 5.61. The monoisotopic (exact) mass is 285 g/mol. The number of nitrogens with zero attached hydrogens (tertiary/aromatic N) is 2. The van der Waals surface area contributed by atoms with Gasteiger partial charge in [-0.05, 0) is 18.2 Å². The van der Waals surface area contributed by atoms with Crippen molar-refractivity contribution in [2.24, 2.45) is 5.73 Å². The number of aliphatic hydroxyl groups is 1. The maximum atomic E-state index is 11.5. The van der Waals surface area contributed by atoms with Crippen molar-refractivity contribution in [3.63, 3.8) is 0 Å². The van der Waals surface area contributed by atoms with Crippen LogP contribution in [-0.4, -0.2) is 29.1 Å². The van der Waals surface area contributed by atoms with Crippen LogP contribution in [-0.2, 0) is 6.61 Å². The Balaban J connectivity index is 2.13. The molecule has 2 heterocycles. The van der Waals surface area contributed by atoms with Crippen molar-refractivity contribution in [2.75, 3.05) is 18.1 Å². The van der Waals surface area contributed by atoms with Crippen molar-refractivity contribution in [3.05, 3.63) is 47.7 Å². The highest BCUT2D eigenvalue weighted by Gasteiger charge is 2.25. The molecule has 3 N–H and O–H groups in total. The van der Waals surface area contributed by atoms with Crippen molar-refractivity contribution >= 4 is 17.4 Å². The molecular weight excluding hydrogens is 270 g/mol. The molecule has 2 aromatic rings. The van der Waals surface area contributed by atoms with Gasteiger partial charge in [-0.15, -0.1) is 0 Å². The van der Waals surface area contributed by atoms with Crippen LogP contribution in [0.3, 0.4) is 0 Å². The number of nitrogens with two attached hydrogens (primary N) is 1. The largest absolute Gasteiger partial charge is 0.489 e. The molecule has 0 saturated carbocycles. The molecule has 1 aromatic carbocycles. The lowest BCUT2D eigenvalue weighted by atomic mass is 10.1. The predicted octanol–water partition coefficient (Wildman–Crippen LogP) is 1.20. The Labute approximate surface area is 121 Å². The standard InChI is InChI=1S/C15H15N3O3/c16-14(20)11-4-1-5-12-13(11)21-8-7-18(12)15-10(9-19)3-2-6-17-15/h1-6,19H,7-9H2,(H2,16,20). The Kier molecular flexibility index (Phi) is 3.45. The van der Waals surface area contributed by atoms with Gasteiger partial charge in [0.2, 0.25) is 0 Å². The molecule has 6 nitrogen and oxygen atoms in total. The van der Waals surface area contributed by atoms with Gasteiger partial charge in [-0.2, -0.15) is 0 Å². The molecule has 0 bridgehead atoms. The zero-order valence-corrected chi connectivity index (χ0v) is 11.3. The summed E-state index contributed by atoms with van der Waals surface area (Å²) in [5, 5.41) is 9.47. The van der Waals surface area contributed by atoms with Gasteiger partial charge >= 0.3 is 0 Å². The van der Waals surface area contributed by atoms with Gasteiger partial charge in [0, 0.05) is 11.8 Å². The van der Waals surface area contributed by atoms with E-state index in [0.29, 0.717) is 30.3 Å². The Morgan fingerprint density at radius 1 is 1.38 bits per heavy atom. The van der Waals surface area contributed by atoms with Crippen LogP contribution in [0.2, 0.25) is 0 Å². The Hall–Kier alpha value is -2.60. The number of rotatable bonds is 3. The molecule has 3 rings (SSSR count). The summed E-state index contributed by atoms with van der Waals surface area (Å²) in [4.78, 5) is 17.8. The minimum atomic E-state index is -0.530. The van der Waals surface area contributed by atoms with Gasteiger partial charge in [-0.3, -0.25) is 4.79 Å². The lowest BCUT2D eigenvalue weighted by Gasteiger charge is -2.32. The summed E-state index contributed by atoms with van der Waals surface area (Å²) in [6, 6.07) is 8.82. The first-order valence-corrected chi connectivity index (χ1v) is 6.60. The number of carbonyl (C=O) groups is 1. The van der Waals surface area contributed by atoms with Crippen molar-refractivity contribution in [1.29, 1.82) is 0 Å². The van der Waals surface area contributed by atoms with Gasteiger partial charge < -0.3 is 20.5 Å². The number of ether oxygens (including phenoxy) is 1. The fourth-order valence-corrected chi connectivity index (χ4v) is 2.46. The van der Waals surface area contributed by atoms with Gasteiger partial charge in [-0.1, -0.05) is 12.1 Å². The number of aromatic nitrogens is 1. The van der Waals surface area contributed by atoms with E-state index in [2.05, 4.69) is 4.98 Å². The van der Waals surface area contributed by atoms with Crippen LogP contribution < -0.4 is 15.4 Å². The highest BCUT2D eigenvalue weighted by molar-refractivity contribution is 5.98. The highest BCUT2D eigenvalue weighted by atomic mass is 16.5. The highest BCUT2D eigenvalue weighted by Crippen LogP contribution is 2.39. The van der Waals surface area contributed by atoms with E-state index in [9.17, 15) is 9.90 Å². The molecule has 0 atom stereocenters. The van der Waals surface area contributed by atoms with E-state index in [-0.39, 0.29) is 6.61 Å². The fraction of sp³-hybridized carbons (Fsp3) is 0.200. The van der Waals surface area contributed by atoms with Crippen LogP contribution >= 0.6 is 0 Å². The van der Waals surface area contributed by atoms with Crippen LogP contribution in [0.5, 0.6) is 5.75 Å². The third-order valence-electron chi connectivity index (χ3n) is 3.41. The Bertz CT molecular complexity index is 688. The quantitative estimate of drug-likeness (QED) is 0.884. The molecule has 1 aliphatic heterocycles. The molecule has 6 heteroatoms. The average Bonchev–Trinajstić information content (AvgIpc) is 2.53. The van der Waals surface area contributed by atoms with E-state index < -0.39 is 5.91 Å². The number of carbonyl (C=O) groups excluding carboxylic acids is 1. The minimum absolute atomic E-state index is 0.106. The average molecular weight is 285 g/mol.